The molecule has 2 heterocycles. The summed E-state index contributed by atoms with van der Waals surface area (Å²) in [6, 6.07) is 18.1. The van der Waals surface area contributed by atoms with Crippen LogP contribution in [0.5, 0.6) is 0 Å². The molecule has 1 aliphatic carbocycles. The highest BCUT2D eigenvalue weighted by Gasteiger charge is 2.54. The molecule has 0 aromatic heterocycles. The Morgan fingerprint density at radius 2 is 1.62 bits per heavy atom. The molecule has 6 heteroatoms. The van der Waals surface area contributed by atoms with Crippen molar-refractivity contribution in [2.24, 2.45) is 0 Å². The lowest BCUT2D eigenvalue weighted by Crippen LogP contribution is -2.52. The van der Waals surface area contributed by atoms with Gasteiger partial charge in [-0.3, -0.25) is 9.69 Å². The lowest BCUT2D eigenvalue weighted by atomic mass is 9.76. The molecule has 2 aromatic rings. The molecule has 1 spiro atoms. The standard InChI is InChI=1S/C23H26N4O2/c28-21-23(12-6-8-18-7-4-5-11-20(18)23)24-22(29)27(21)17-25-13-15-26(16-14-25)19-9-2-1-3-10-19/h1-5,7,9-11H,6,8,12-17H2,(H,24,29)/t23-/m1/s1. The fourth-order valence-electron chi connectivity index (χ4n) is 4.93. The summed E-state index contributed by atoms with van der Waals surface area (Å²) in [5.41, 5.74) is 2.49. The minimum Gasteiger partial charge on any atom is -0.369 e. The van der Waals surface area contributed by atoms with Gasteiger partial charge in [-0.05, 0) is 42.5 Å². The summed E-state index contributed by atoms with van der Waals surface area (Å²) in [6.45, 7) is 3.80. The number of amides is 3. The molecule has 6 nitrogen and oxygen atoms in total. The Morgan fingerprint density at radius 3 is 2.41 bits per heavy atom. The summed E-state index contributed by atoms with van der Waals surface area (Å²) in [5, 5.41) is 3.05. The van der Waals surface area contributed by atoms with Gasteiger partial charge in [0.25, 0.3) is 5.91 Å². The topological polar surface area (TPSA) is 55.9 Å². The summed E-state index contributed by atoms with van der Waals surface area (Å²) in [5.74, 6) is -0.0971. The van der Waals surface area contributed by atoms with E-state index in [4.69, 9.17) is 0 Å². The van der Waals surface area contributed by atoms with Crippen molar-refractivity contribution in [1.29, 1.82) is 0 Å². The van der Waals surface area contributed by atoms with E-state index in [2.05, 4.69) is 45.4 Å². The maximum absolute atomic E-state index is 13.4. The number of carbonyl (C=O) groups excluding carboxylic acids is 2. The molecule has 3 aliphatic rings. The SMILES string of the molecule is O=C1N[C@@]2(CCCc3ccccc32)C(=O)N1CN1CCN(c2ccccc2)CC1. The number of anilines is 1. The fourth-order valence-corrected chi connectivity index (χ4v) is 4.93. The van der Waals surface area contributed by atoms with Crippen molar-refractivity contribution in [3.63, 3.8) is 0 Å². The lowest BCUT2D eigenvalue weighted by molar-refractivity contribution is -0.133. The Bertz CT molecular complexity index is 923. The number of hydrogen-bond acceptors (Lipinski definition) is 4. The quantitative estimate of drug-likeness (QED) is 0.819. The summed E-state index contributed by atoms with van der Waals surface area (Å²) in [4.78, 5) is 32.2. The average molecular weight is 390 g/mol. The highest BCUT2D eigenvalue weighted by atomic mass is 16.2. The van der Waals surface area contributed by atoms with Crippen LogP contribution in [0.1, 0.15) is 24.0 Å². The van der Waals surface area contributed by atoms with E-state index in [-0.39, 0.29) is 11.9 Å². The molecule has 2 aromatic carbocycles. The molecule has 29 heavy (non-hydrogen) atoms. The normalized spacial score (nSPS) is 24.7. The van der Waals surface area contributed by atoms with Crippen molar-refractivity contribution in [1.82, 2.24) is 15.1 Å². The van der Waals surface area contributed by atoms with E-state index >= 15 is 0 Å². The third kappa shape index (κ3) is 3.08. The van der Waals surface area contributed by atoms with Crippen LogP contribution >= 0.6 is 0 Å². The fraction of sp³-hybridized carbons (Fsp3) is 0.391. The molecule has 2 aliphatic heterocycles. The highest BCUT2D eigenvalue weighted by molar-refractivity contribution is 6.07. The maximum atomic E-state index is 13.4. The number of hydrogen-bond donors (Lipinski definition) is 1. The summed E-state index contributed by atoms with van der Waals surface area (Å²) >= 11 is 0. The van der Waals surface area contributed by atoms with Gasteiger partial charge in [0, 0.05) is 31.9 Å². The molecule has 0 radical (unpaired) electrons. The van der Waals surface area contributed by atoms with E-state index < -0.39 is 5.54 Å². The van der Waals surface area contributed by atoms with Gasteiger partial charge in [-0.15, -0.1) is 0 Å². The number of carbonyl (C=O) groups is 2. The molecular formula is C23H26N4O2. The monoisotopic (exact) mass is 390 g/mol. The van der Waals surface area contributed by atoms with E-state index in [1.54, 1.807) is 0 Å². The number of para-hydroxylation sites is 1. The molecule has 3 amide bonds. The molecule has 0 bridgehead atoms. The zero-order valence-corrected chi connectivity index (χ0v) is 16.5. The van der Waals surface area contributed by atoms with Crippen molar-refractivity contribution < 1.29 is 9.59 Å². The number of nitrogens with zero attached hydrogens (tertiary/aromatic N) is 3. The van der Waals surface area contributed by atoms with E-state index in [0.717, 1.165) is 44.6 Å². The smallest absolute Gasteiger partial charge is 0.326 e. The molecule has 0 unspecified atom stereocenters. The second kappa shape index (κ2) is 7.19. The Balaban J connectivity index is 1.29. The summed E-state index contributed by atoms with van der Waals surface area (Å²) < 4.78 is 0. The van der Waals surface area contributed by atoms with Crippen LogP contribution in [0.4, 0.5) is 10.5 Å². The van der Waals surface area contributed by atoms with Gasteiger partial charge < -0.3 is 10.2 Å². The largest absolute Gasteiger partial charge is 0.369 e. The number of benzene rings is 2. The number of aryl methyl sites for hydroxylation is 1. The minimum atomic E-state index is -0.877. The predicted octanol–water partition coefficient (Wildman–Crippen LogP) is 2.55. The second-order valence-electron chi connectivity index (χ2n) is 8.16. The molecule has 1 atom stereocenters. The predicted molar refractivity (Wildman–Crippen MR) is 112 cm³/mol. The van der Waals surface area contributed by atoms with Crippen LogP contribution in [0.3, 0.4) is 0 Å². The molecular weight excluding hydrogens is 364 g/mol. The van der Waals surface area contributed by atoms with Gasteiger partial charge in [0.05, 0.1) is 6.67 Å². The Kier molecular flexibility index (Phi) is 4.51. The van der Waals surface area contributed by atoms with Gasteiger partial charge in [-0.1, -0.05) is 42.5 Å². The number of nitrogens with one attached hydrogen (secondary N) is 1. The van der Waals surface area contributed by atoms with Crippen LogP contribution in [0.2, 0.25) is 0 Å². The zero-order valence-electron chi connectivity index (χ0n) is 16.5. The molecule has 1 N–H and O–H groups in total. The minimum absolute atomic E-state index is 0.0971. The molecule has 2 fully saturated rings. The zero-order chi connectivity index (χ0) is 19.8. The van der Waals surface area contributed by atoms with Crippen LogP contribution in [-0.2, 0) is 16.8 Å². The van der Waals surface area contributed by atoms with Crippen molar-refractivity contribution >= 4 is 17.6 Å². The molecule has 5 rings (SSSR count). The van der Waals surface area contributed by atoms with Gasteiger partial charge in [0.15, 0.2) is 0 Å². The van der Waals surface area contributed by atoms with Gasteiger partial charge in [0.2, 0.25) is 0 Å². The van der Waals surface area contributed by atoms with E-state index in [0.29, 0.717) is 13.1 Å². The molecule has 2 saturated heterocycles. The number of imide groups is 1. The second-order valence-corrected chi connectivity index (χ2v) is 8.16. The number of fused-ring (bicyclic) bond motifs is 2. The third-order valence-corrected chi connectivity index (χ3v) is 6.49. The first-order valence-electron chi connectivity index (χ1n) is 10.4. The van der Waals surface area contributed by atoms with E-state index in [1.165, 1.54) is 16.2 Å². The van der Waals surface area contributed by atoms with Gasteiger partial charge in [0.1, 0.15) is 5.54 Å². The highest BCUT2D eigenvalue weighted by Crippen LogP contribution is 2.39. The Morgan fingerprint density at radius 1 is 0.897 bits per heavy atom. The third-order valence-electron chi connectivity index (χ3n) is 6.49. The van der Waals surface area contributed by atoms with E-state index in [9.17, 15) is 9.59 Å². The first-order chi connectivity index (χ1) is 14.2. The van der Waals surface area contributed by atoms with Crippen LogP contribution in [0.25, 0.3) is 0 Å². The van der Waals surface area contributed by atoms with Crippen LogP contribution in [0, 0.1) is 0 Å². The van der Waals surface area contributed by atoms with E-state index in [1.807, 2.05) is 24.3 Å². The summed E-state index contributed by atoms with van der Waals surface area (Å²) in [6.07, 6.45) is 2.54. The van der Waals surface area contributed by atoms with Gasteiger partial charge in [-0.2, -0.15) is 0 Å². The van der Waals surface area contributed by atoms with Crippen molar-refractivity contribution in [3.05, 3.63) is 65.7 Å². The number of rotatable bonds is 3. The average Bonchev–Trinajstić information content (AvgIpc) is 3.00. The maximum Gasteiger partial charge on any atom is 0.326 e. The van der Waals surface area contributed by atoms with Crippen LogP contribution in [-0.4, -0.2) is 54.6 Å². The summed E-state index contributed by atoms with van der Waals surface area (Å²) in [7, 11) is 0. The lowest BCUT2D eigenvalue weighted by Gasteiger charge is -2.37. The number of piperazine rings is 1. The van der Waals surface area contributed by atoms with Gasteiger partial charge >= 0.3 is 6.03 Å². The molecule has 150 valence electrons. The van der Waals surface area contributed by atoms with Crippen LogP contribution < -0.4 is 10.2 Å². The first-order valence-corrected chi connectivity index (χ1v) is 10.4. The number of urea groups is 1. The Hall–Kier alpha value is -2.86. The molecule has 0 saturated carbocycles. The Labute approximate surface area is 171 Å². The first kappa shape index (κ1) is 18.2. The van der Waals surface area contributed by atoms with Crippen LogP contribution in [0.15, 0.2) is 54.6 Å². The van der Waals surface area contributed by atoms with Gasteiger partial charge in [-0.25, -0.2) is 9.69 Å². The van der Waals surface area contributed by atoms with Crippen molar-refractivity contribution in [3.8, 4) is 0 Å². The van der Waals surface area contributed by atoms with Crippen molar-refractivity contribution in [2.45, 2.75) is 24.8 Å². The van der Waals surface area contributed by atoms with Crippen molar-refractivity contribution in [2.75, 3.05) is 37.7 Å².